The molecular weight excluding hydrogens is 296 g/mol. The van der Waals surface area contributed by atoms with Crippen LogP contribution in [0.3, 0.4) is 0 Å². The van der Waals surface area contributed by atoms with Gasteiger partial charge in [-0.25, -0.2) is 0 Å². The van der Waals surface area contributed by atoms with E-state index in [1.807, 2.05) is 26.0 Å². The lowest BCUT2D eigenvalue weighted by Gasteiger charge is -2.17. The zero-order valence-electron chi connectivity index (χ0n) is 15.6. The monoisotopic (exact) mass is 326 g/mol. The van der Waals surface area contributed by atoms with Crippen LogP contribution in [0.25, 0.3) is 5.57 Å². The molecule has 2 N–H and O–H groups in total. The van der Waals surface area contributed by atoms with Crippen LogP contribution in [0.1, 0.15) is 43.0 Å². The zero-order chi connectivity index (χ0) is 18.4. The maximum atomic E-state index is 9.67. The van der Waals surface area contributed by atoms with Gasteiger partial charge >= 0.3 is 0 Å². The van der Waals surface area contributed by atoms with Crippen molar-refractivity contribution >= 4 is 5.57 Å². The highest BCUT2D eigenvalue weighted by molar-refractivity contribution is 5.72. The molecule has 2 nitrogen and oxygen atoms in total. The smallest absolute Gasteiger partial charge is 0.115 e. The van der Waals surface area contributed by atoms with Crippen LogP contribution < -0.4 is 0 Å². The second-order valence-electron chi connectivity index (χ2n) is 6.59. The Morgan fingerprint density at radius 2 is 1.79 bits per heavy atom. The Kier molecular flexibility index (Phi) is 7.24. The third-order valence-electron chi connectivity index (χ3n) is 4.36. The van der Waals surface area contributed by atoms with E-state index in [0.29, 0.717) is 5.57 Å². The summed E-state index contributed by atoms with van der Waals surface area (Å²) in [6.07, 6.45) is 4.62. The first-order valence-corrected chi connectivity index (χ1v) is 8.34. The van der Waals surface area contributed by atoms with E-state index in [4.69, 9.17) is 0 Å². The fourth-order valence-electron chi connectivity index (χ4n) is 2.81. The summed E-state index contributed by atoms with van der Waals surface area (Å²) in [5, 5.41) is 19.1. The summed E-state index contributed by atoms with van der Waals surface area (Å²) in [7, 11) is 0. The van der Waals surface area contributed by atoms with E-state index in [0.717, 1.165) is 17.6 Å². The van der Waals surface area contributed by atoms with Gasteiger partial charge in [0.1, 0.15) is 5.76 Å². The van der Waals surface area contributed by atoms with E-state index in [9.17, 15) is 10.2 Å². The number of aryl methyl sites for hydroxylation is 2. The van der Waals surface area contributed by atoms with Crippen molar-refractivity contribution in [3.05, 3.63) is 76.6 Å². The Hall–Kier alpha value is -2.06. The molecular formula is C22H30O2. The SMILES string of the molecule is C=C(O)/C(=C/C)C(=C)/C=C(\C)c1cc(C)c(C)cc1CC(C)CO. The van der Waals surface area contributed by atoms with Crippen LogP contribution in [0, 0.1) is 19.8 Å². The van der Waals surface area contributed by atoms with E-state index >= 15 is 0 Å². The van der Waals surface area contributed by atoms with Crippen molar-refractivity contribution in [1.29, 1.82) is 0 Å². The highest BCUT2D eigenvalue weighted by atomic mass is 16.3. The first-order valence-electron chi connectivity index (χ1n) is 8.34. The highest BCUT2D eigenvalue weighted by Gasteiger charge is 2.12. The molecule has 0 spiro atoms. The van der Waals surface area contributed by atoms with E-state index in [2.05, 4.69) is 46.1 Å². The van der Waals surface area contributed by atoms with Crippen LogP contribution in [0.4, 0.5) is 0 Å². The fraction of sp³-hybridized carbons (Fsp3) is 0.364. The van der Waals surface area contributed by atoms with Gasteiger partial charge in [0, 0.05) is 12.2 Å². The first-order chi connectivity index (χ1) is 11.2. The highest BCUT2D eigenvalue weighted by Crippen LogP contribution is 2.28. The summed E-state index contributed by atoms with van der Waals surface area (Å²) in [5.74, 6) is 0.242. The molecule has 0 saturated carbocycles. The minimum atomic E-state index is 0.0285. The predicted molar refractivity (Wildman–Crippen MR) is 104 cm³/mol. The molecule has 0 aliphatic carbocycles. The summed E-state index contributed by atoms with van der Waals surface area (Å²) in [4.78, 5) is 0. The molecule has 0 aliphatic heterocycles. The number of hydrogen-bond donors (Lipinski definition) is 2. The van der Waals surface area contributed by atoms with Crippen molar-refractivity contribution in [2.45, 2.75) is 41.0 Å². The third-order valence-corrected chi connectivity index (χ3v) is 4.36. The van der Waals surface area contributed by atoms with E-state index < -0.39 is 0 Å². The van der Waals surface area contributed by atoms with Gasteiger partial charge in [-0.15, -0.1) is 0 Å². The third kappa shape index (κ3) is 4.97. The zero-order valence-corrected chi connectivity index (χ0v) is 15.6. The quantitative estimate of drug-likeness (QED) is 0.516. The Bertz CT molecular complexity index is 690. The van der Waals surface area contributed by atoms with Crippen molar-refractivity contribution in [1.82, 2.24) is 0 Å². The first kappa shape index (κ1) is 20.0. The van der Waals surface area contributed by atoms with Crippen molar-refractivity contribution in [3.8, 4) is 0 Å². The maximum absolute atomic E-state index is 9.67. The minimum Gasteiger partial charge on any atom is -0.508 e. The van der Waals surface area contributed by atoms with Gasteiger partial charge < -0.3 is 10.2 Å². The Balaban J connectivity index is 3.33. The number of benzene rings is 1. The molecule has 0 heterocycles. The average molecular weight is 326 g/mol. The molecule has 1 aromatic carbocycles. The van der Waals surface area contributed by atoms with Gasteiger partial charge in [0.2, 0.25) is 0 Å². The van der Waals surface area contributed by atoms with Crippen LogP contribution in [-0.4, -0.2) is 16.8 Å². The van der Waals surface area contributed by atoms with Crippen LogP contribution >= 0.6 is 0 Å². The van der Waals surface area contributed by atoms with E-state index in [1.54, 1.807) is 0 Å². The van der Waals surface area contributed by atoms with E-state index in [1.165, 1.54) is 22.3 Å². The normalized spacial score (nSPS) is 13.8. The Morgan fingerprint density at radius 1 is 1.21 bits per heavy atom. The molecule has 0 amide bonds. The lowest BCUT2D eigenvalue weighted by molar-refractivity contribution is 0.237. The molecule has 1 rings (SSSR count). The number of hydrogen-bond acceptors (Lipinski definition) is 2. The second-order valence-corrected chi connectivity index (χ2v) is 6.59. The Labute approximate surface area is 146 Å². The summed E-state index contributed by atoms with van der Waals surface area (Å²) < 4.78 is 0. The van der Waals surface area contributed by atoms with Gasteiger partial charge in [0.25, 0.3) is 0 Å². The molecule has 0 fully saturated rings. The van der Waals surface area contributed by atoms with Gasteiger partial charge in [0.05, 0.1) is 0 Å². The molecule has 0 bridgehead atoms. The molecule has 130 valence electrons. The van der Waals surface area contributed by atoms with Crippen molar-refractivity contribution < 1.29 is 10.2 Å². The van der Waals surface area contributed by atoms with Crippen LogP contribution in [-0.2, 0) is 6.42 Å². The summed E-state index contributed by atoms with van der Waals surface area (Å²) in [6.45, 7) is 18.0. The van der Waals surface area contributed by atoms with Gasteiger partial charge in [-0.3, -0.25) is 0 Å². The van der Waals surface area contributed by atoms with Crippen LogP contribution in [0.15, 0.2) is 54.3 Å². The van der Waals surface area contributed by atoms with Crippen LogP contribution in [0.2, 0.25) is 0 Å². The second kappa shape index (κ2) is 8.70. The van der Waals surface area contributed by atoms with Gasteiger partial charge in [0.15, 0.2) is 0 Å². The summed E-state index contributed by atoms with van der Waals surface area (Å²) in [6, 6.07) is 4.40. The fourth-order valence-corrected chi connectivity index (χ4v) is 2.81. The number of allylic oxidation sites excluding steroid dienone is 4. The lowest BCUT2D eigenvalue weighted by Crippen LogP contribution is -2.07. The molecule has 24 heavy (non-hydrogen) atoms. The van der Waals surface area contributed by atoms with Gasteiger partial charge in [-0.05, 0) is 73.4 Å². The molecule has 0 saturated heterocycles. The number of aliphatic hydroxyl groups excluding tert-OH is 2. The summed E-state index contributed by atoms with van der Waals surface area (Å²) in [5.41, 5.74) is 7.36. The topological polar surface area (TPSA) is 40.5 Å². The predicted octanol–water partition coefficient (Wildman–Crippen LogP) is 5.45. The molecule has 1 unspecified atom stereocenters. The molecule has 0 aromatic heterocycles. The minimum absolute atomic E-state index is 0.0285. The van der Waals surface area contributed by atoms with Crippen LogP contribution in [0.5, 0.6) is 0 Å². The number of rotatable bonds is 7. The standard InChI is InChI=1S/C22H30O2/c1-8-21(19(7)24)17(5)10-18(6)22-12-16(4)15(3)11-20(22)9-14(2)13-23/h8,10-12,14,23-24H,5,7,9,13H2,1-4,6H3/b18-10+,21-8+. The largest absolute Gasteiger partial charge is 0.508 e. The van der Waals surface area contributed by atoms with Crippen molar-refractivity contribution in [3.63, 3.8) is 0 Å². The van der Waals surface area contributed by atoms with Gasteiger partial charge in [-0.2, -0.15) is 0 Å². The lowest BCUT2D eigenvalue weighted by atomic mass is 9.89. The maximum Gasteiger partial charge on any atom is 0.115 e. The molecule has 0 aliphatic rings. The van der Waals surface area contributed by atoms with E-state index in [-0.39, 0.29) is 18.3 Å². The molecule has 2 heteroatoms. The van der Waals surface area contributed by atoms with Crippen molar-refractivity contribution in [2.24, 2.45) is 5.92 Å². The molecule has 1 aromatic rings. The van der Waals surface area contributed by atoms with Gasteiger partial charge in [-0.1, -0.05) is 44.4 Å². The molecule has 0 radical (unpaired) electrons. The van der Waals surface area contributed by atoms with Crippen molar-refractivity contribution in [2.75, 3.05) is 6.61 Å². The Morgan fingerprint density at radius 3 is 2.29 bits per heavy atom. The summed E-state index contributed by atoms with van der Waals surface area (Å²) >= 11 is 0. The molecule has 1 atom stereocenters. The average Bonchev–Trinajstić information content (AvgIpc) is 2.50. The number of aliphatic hydroxyl groups is 2.